The molecular formula is C13H16ClN3. The first-order valence-electron chi connectivity index (χ1n) is 5.34. The lowest BCUT2D eigenvalue weighted by molar-refractivity contribution is 0.720. The maximum atomic E-state index is 5.81. The van der Waals surface area contributed by atoms with Crippen LogP contribution < -0.4 is 11.1 Å². The third kappa shape index (κ3) is 4.38. The van der Waals surface area contributed by atoms with Gasteiger partial charge in [-0.15, -0.1) is 6.42 Å². The van der Waals surface area contributed by atoms with Crippen LogP contribution in [0.3, 0.4) is 0 Å². The Kier molecular flexibility index (Phi) is 4.86. The minimum absolute atomic E-state index is 0.224. The van der Waals surface area contributed by atoms with Gasteiger partial charge in [-0.1, -0.05) is 29.7 Å². The molecule has 3 N–H and O–H groups in total. The molecule has 0 aliphatic rings. The number of aliphatic imine (C=N–C) groups is 1. The molecule has 1 atom stereocenters. The van der Waals surface area contributed by atoms with Crippen molar-refractivity contribution in [3.05, 3.63) is 34.9 Å². The Labute approximate surface area is 107 Å². The predicted molar refractivity (Wildman–Crippen MR) is 72.9 cm³/mol. The van der Waals surface area contributed by atoms with Crippen molar-refractivity contribution in [3.63, 3.8) is 0 Å². The zero-order valence-electron chi connectivity index (χ0n) is 9.94. The molecule has 1 rings (SSSR count). The minimum Gasteiger partial charge on any atom is -0.370 e. The summed E-state index contributed by atoms with van der Waals surface area (Å²) in [4.78, 5) is 4.24. The van der Waals surface area contributed by atoms with Gasteiger partial charge in [0.2, 0.25) is 0 Å². The van der Waals surface area contributed by atoms with Gasteiger partial charge in [-0.05, 0) is 31.5 Å². The van der Waals surface area contributed by atoms with Crippen LogP contribution in [0.5, 0.6) is 0 Å². The number of nitrogens with two attached hydrogens (primary N) is 1. The first-order chi connectivity index (χ1) is 8.02. The summed E-state index contributed by atoms with van der Waals surface area (Å²) in [5.41, 5.74) is 6.63. The normalized spacial score (nSPS) is 13.2. The van der Waals surface area contributed by atoms with E-state index >= 15 is 0 Å². The third-order valence-electron chi connectivity index (χ3n) is 2.05. The van der Waals surface area contributed by atoms with Crippen molar-refractivity contribution >= 4 is 17.6 Å². The number of terminal acetylenes is 1. The molecule has 1 unspecified atom stereocenters. The smallest absolute Gasteiger partial charge is 0.190 e. The van der Waals surface area contributed by atoms with Gasteiger partial charge in [0.15, 0.2) is 5.96 Å². The Morgan fingerprint density at radius 3 is 2.47 bits per heavy atom. The molecule has 0 heterocycles. The second-order valence-electron chi connectivity index (χ2n) is 3.93. The number of guanidine groups is 1. The number of hydrogen-bond donors (Lipinski definition) is 2. The van der Waals surface area contributed by atoms with Crippen LogP contribution in [0.2, 0.25) is 5.02 Å². The second kappa shape index (κ2) is 6.17. The number of benzene rings is 1. The summed E-state index contributed by atoms with van der Waals surface area (Å²) >= 11 is 5.81. The molecule has 0 spiro atoms. The summed E-state index contributed by atoms with van der Waals surface area (Å²) in [5, 5.41) is 3.66. The first-order valence-corrected chi connectivity index (χ1v) is 5.72. The largest absolute Gasteiger partial charge is 0.370 e. The van der Waals surface area contributed by atoms with E-state index in [4.69, 9.17) is 23.8 Å². The van der Waals surface area contributed by atoms with Gasteiger partial charge in [-0.25, -0.2) is 4.99 Å². The lowest BCUT2D eigenvalue weighted by Gasteiger charge is -2.11. The molecule has 0 aliphatic heterocycles. The summed E-state index contributed by atoms with van der Waals surface area (Å²) in [5.74, 6) is 2.94. The molecule has 0 fully saturated rings. The molecule has 1 aromatic rings. The third-order valence-corrected chi connectivity index (χ3v) is 2.30. The van der Waals surface area contributed by atoms with E-state index in [1.807, 2.05) is 26.0 Å². The Balaban J connectivity index is 2.86. The van der Waals surface area contributed by atoms with Crippen molar-refractivity contribution in [1.82, 2.24) is 5.32 Å². The van der Waals surface area contributed by atoms with Gasteiger partial charge in [0, 0.05) is 11.1 Å². The summed E-state index contributed by atoms with van der Waals surface area (Å²) in [6, 6.07) is 7.09. The average molecular weight is 250 g/mol. The topological polar surface area (TPSA) is 50.4 Å². The van der Waals surface area contributed by atoms with E-state index in [1.165, 1.54) is 0 Å². The van der Waals surface area contributed by atoms with Crippen LogP contribution in [0.25, 0.3) is 0 Å². The maximum absolute atomic E-state index is 5.81. The fraction of sp³-hybridized carbons (Fsp3) is 0.308. The number of halogens is 1. The molecule has 0 radical (unpaired) electrons. The van der Waals surface area contributed by atoms with Gasteiger partial charge in [-0.2, -0.15) is 0 Å². The fourth-order valence-electron chi connectivity index (χ4n) is 1.33. The van der Waals surface area contributed by atoms with Crippen molar-refractivity contribution in [1.29, 1.82) is 0 Å². The lowest BCUT2D eigenvalue weighted by atomic mass is 10.1. The average Bonchev–Trinajstić information content (AvgIpc) is 2.26. The Bertz CT molecular complexity index is 429. The van der Waals surface area contributed by atoms with E-state index in [-0.39, 0.29) is 6.04 Å². The van der Waals surface area contributed by atoms with Gasteiger partial charge >= 0.3 is 0 Å². The van der Waals surface area contributed by atoms with Crippen molar-refractivity contribution < 1.29 is 0 Å². The summed E-state index contributed by atoms with van der Waals surface area (Å²) < 4.78 is 0. The second-order valence-corrected chi connectivity index (χ2v) is 4.37. The fourth-order valence-corrected chi connectivity index (χ4v) is 1.45. The lowest BCUT2D eigenvalue weighted by Crippen LogP contribution is -2.37. The van der Waals surface area contributed by atoms with E-state index < -0.39 is 6.04 Å². The van der Waals surface area contributed by atoms with Crippen LogP contribution in [-0.4, -0.2) is 12.0 Å². The van der Waals surface area contributed by atoms with Crippen LogP contribution in [0.1, 0.15) is 25.5 Å². The molecule has 0 aromatic heterocycles. The van der Waals surface area contributed by atoms with E-state index in [0.29, 0.717) is 11.0 Å². The standard InChI is InChI=1S/C13H16ClN3/c1-4-12(17-13(15)16-9(2)3)10-5-7-11(14)8-6-10/h1,5-9,12H,2-3H3,(H3,15,16,17). The molecule has 17 heavy (non-hydrogen) atoms. The Hall–Kier alpha value is -1.66. The molecule has 3 nitrogen and oxygen atoms in total. The zero-order chi connectivity index (χ0) is 12.8. The highest BCUT2D eigenvalue weighted by molar-refractivity contribution is 6.30. The highest BCUT2D eigenvalue weighted by Gasteiger charge is 2.07. The molecule has 90 valence electrons. The van der Waals surface area contributed by atoms with E-state index in [9.17, 15) is 0 Å². The predicted octanol–water partition coefficient (Wildman–Crippen LogP) is 2.33. The summed E-state index contributed by atoms with van der Waals surface area (Å²) in [7, 11) is 0. The van der Waals surface area contributed by atoms with Gasteiger partial charge in [0.05, 0.1) is 0 Å². The van der Waals surface area contributed by atoms with Crippen LogP contribution in [0.15, 0.2) is 29.3 Å². The molecule has 0 amide bonds. The number of nitrogens with one attached hydrogen (secondary N) is 1. The number of hydrogen-bond acceptors (Lipinski definition) is 1. The van der Waals surface area contributed by atoms with Gasteiger partial charge in [0.25, 0.3) is 0 Å². The van der Waals surface area contributed by atoms with Gasteiger partial charge in [0.1, 0.15) is 6.04 Å². The minimum atomic E-state index is -0.390. The maximum Gasteiger partial charge on any atom is 0.190 e. The van der Waals surface area contributed by atoms with E-state index in [0.717, 1.165) is 5.56 Å². The number of rotatable bonds is 3. The monoisotopic (exact) mass is 249 g/mol. The molecule has 1 aromatic carbocycles. The Morgan fingerprint density at radius 1 is 1.41 bits per heavy atom. The molecule has 4 heteroatoms. The summed E-state index contributed by atoms with van der Waals surface area (Å²) in [6.07, 6.45) is 5.45. The highest BCUT2D eigenvalue weighted by Crippen LogP contribution is 2.18. The van der Waals surface area contributed by atoms with Crippen molar-refractivity contribution in [2.24, 2.45) is 10.7 Å². The van der Waals surface area contributed by atoms with Crippen molar-refractivity contribution in [2.75, 3.05) is 0 Å². The SMILES string of the molecule is C#CC(N=C(N)NC(C)C)c1ccc(Cl)cc1. The van der Waals surface area contributed by atoms with Crippen LogP contribution in [0, 0.1) is 12.3 Å². The molecule has 0 aliphatic carbocycles. The molecule has 0 bridgehead atoms. The quantitative estimate of drug-likeness (QED) is 0.491. The number of nitrogens with zero attached hydrogens (tertiary/aromatic N) is 1. The van der Waals surface area contributed by atoms with Gasteiger partial charge in [-0.3, -0.25) is 0 Å². The van der Waals surface area contributed by atoms with Crippen LogP contribution >= 0.6 is 11.6 Å². The molecule has 0 saturated heterocycles. The highest BCUT2D eigenvalue weighted by atomic mass is 35.5. The van der Waals surface area contributed by atoms with E-state index in [2.05, 4.69) is 16.2 Å². The van der Waals surface area contributed by atoms with E-state index in [1.54, 1.807) is 12.1 Å². The van der Waals surface area contributed by atoms with Crippen molar-refractivity contribution in [3.8, 4) is 12.3 Å². The van der Waals surface area contributed by atoms with Gasteiger partial charge < -0.3 is 11.1 Å². The van der Waals surface area contributed by atoms with Crippen LogP contribution in [0.4, 0.5) is 0 Å². The van der Waals surface area contributed by atoms with Crippen molar-refractivity contribution in [2.45, 2.75) is 25.9 Å². The summed E-state index contributed by atoms with van der Waals surface area (Å²) in [6.45, 7) is 3.96. The first kappa shape index (κ1) is 13.4. The van der Waals surface area contributed by atoms with Crippen LogP contribution in [-0.2, 0) is 0 Å². The zero-order valence-corrected chi connectivity index (χ0v) is 10.7. The molecule has 0 saturated carbocycles. The Morgan fingerprint density at radius 2 is 2.00 bits per heavy atom. The molecular weight excluding hydrogens is 234 g/mol.